The van der Waals surface area contributed by atoms with Gasteiger partial charge < -0.3 is 15.3 Å². The predicted molar refractivity (Wildman–Crippen MR) is 88.4 cm³/mol. The number of carbonyl (C=O) groups excluding carboxylic acids is 2. The van der Waals surface area contributed by atoms with Crippen LogP contribution in [0.3, 0.4) is 0 Å². The van der Waals surface area contributed by atoms with E-state index in [-0.39, 0.29) is 17.3 Å². The molecule has 0 aliphatic heterocycles. The van der Waals surface area contributed by atoms with E-state index in [1.165, 1.54) is 32.7 Å². The molecule has 2 rings (SSSR count). The van der Waals surface area contributed by atoms with Crippen molar-refractivity contribution in [1.82, 2.24) is 24.5 Å². The van der Waals surface area contributed by atoms with Crippen LogP contribution in [0.15, 0.2) is 18.5 Å². The molecule has 0 radical (unpaired) electrons. The summed E-state index contributed by atoms with van der Waals surface area (Å²) in [6.07, 6.45) is 2.83. The van der Waals surface area contributed by atoms with Gasteiger partial charge in [-0.3, -0.25) is 19.0 Å². The molecule has 0 spiro atoms. The lowest BCUT2D eigenvalue weighted by Crippen LogP contribution is -2.28. The predicted octanol–water partition coefficient (Wildman–Crippen LogP) is 0.699. The van der Waals surface area contributed by atoms with Crippen molar-refractivity contribution in [3.8, 4) is 0 Å². The number of amides is 2. The van der Waals surface area contributed by atoms with Crippen LogP contribution in [0.1, 0.15) is 40.9 Å². The molecule has 1 atom stereocenters. The molecular formula is C15H20N6O4. The third kappa shape index (κ3) is 3.67. The first-order valence-corrected chi connectivity index (χ1v) is 7.63. The lowest BCUT2D eigenvalue weighted by Gasteiger charge is -2.15. The van der Waals surface area contributed by atoms with E-state index in [1.54, 1.807) is 21.0 Å². The monoisotopic (exact) mass is 348 g/mol. The largest absolute Gasteiger partial charge is 0.476 e. The van der Waals surface area contributed by atoms with Crippen LogP contribution in [0, 0.1) is 0 Å². The van der Waals surface area contributed by atoms with Gasteiger partial charge in [0.25, 0.3) is 5.91 Å². The Hall–Kier alpha value is -3.17. The second kappa shape index (κ2) is 7.16. The third-order valence-corrected chi connectivity index (χ3v) is 3.61. The molecule has 2 aromatic rings. The zero-order chi connectivity index (χ0) is 18.7. The number of aryl methyl sites for hydroxylation is 1. The Morgan fingerprint density at radius 2 is 2.04 bits per heavy atom. The fourth-order valence-corrected chi connectivity index (χ4v) is 2.18. The number of hydrogen-bond acceptors (Lipinski definition) is 5. The highest BCUT2D eigenvalue weighted by molar-refractivity contribution is 6.03. The summed E-state index contributed by atoms with van der Waals surface area (Å²) in [5.41, 5.74) is 0.421. The molecule has 0 fully saturated rings. The Morgan fingerprint density at radius 3 is 2.56 bits per heavy atom. The summed E-state index contributed by atoms with van der Waals surface area (Å²) in [7, 11) is 3.22. The maximum absolute atomic E-state index is 12.5. The normalized spacial score (nSPS) is 11.8. The topological polar surface area (TPSA) is 122 Å². The Labute approximate surface area is 144 Å². The molecular weight excluding hydrogens is 328 g/mol. The van der Waals surface area contributed by atoms with Gasteiger partial charge in [0, 0.05) is 26.8 Å². The average Bonchev–Trinajstić information content (AvgIpc) is 3.20. The Morgan fingerprint density at radius 1 is 1.36 bits per heavy atom. The van der Waals surface area contributed by atoms with Gasteiger partial charge in [0.05, 0.1) is 11.9 Å². The Bertz CT molecular complexity index is 807. The number of rotatable bonds is 6. The first kappa shape index (κ1) is 18.2. The molecule has 10 heteroatoms. The van der Waals surface area contributed by atoms with Crippen molar-refractivity contribution in [1.29, 1.82) is 0 Å². The van der Waals surface area contributed by atoms with Gasteiger partial charge in [-0.05, 0) is 19.9 Å². The van der Waals surface area contributed by atoms with E-state index < -0.39 is 17.9 Å². The van der Waals surface area contributed by atoms with Crippen LogP contribution < -0.4 is 5.32 Å². The quantitative estimate of drug-likeness (QED) is 0.792. The van der Waals surface area contributed by atoms with Gasteiger partial charge in [0.1, 0.15) is 11.7 Å². The molecule has 134 valence electrons. The summed E-state index contributed by atoms with van der Waals surface area (Å²) >= 11 is 0. The maximum Gasteiger partial charge on any atom is 0.356 e. The van der Waals surface area contributed by atoms with E-state index in [0.29, 0.717) is 12.2 Å². The maximum atomic E-state index is 12.5. The van der Waals surface area contributed by atoms with Crippen molar-refractivity contribution in [3.63, 3.8) is 0 Å². The minimum atomic E-state index is -1.17. The number of carboxylic acid groups (broad SMARTS) is 1. The fraction of sp³-hybridized carbons (Fsp3) is 0.400. The van der Waals surface area contributed by atoms with Crippen molar-refractivity contribution in [3.05, 3.63) is 29.8 Å². The number of nitrogens with zero attached hydrogens (tertiary/aromatic N) is 5. The standard InChI is InChI=1S/C15H20N6O4/c1-5-20-12(14(23)19(3)4)11(8-16-20)17-13(22)9(2)21-7-6-10(18-21)15(24)25/h6-9H,5H2,1-4H3,(H,17,22)(H,24,25). The second-order valence-corrected chi connectivity index (χ2v) is 5.57. The molecule has 2 heterocycles. The summed E-state index contributed by atoms with van der Waals surface area (Å²) in [5, 5.41) is 19.5. The molecule has 0 saturated heterocycles. The van der Waals surface area contributed by atoms with Gasteiger partial charge in [0.2, 0.25) is 5.91 Å². The highest BCUT2D eigenvalue weighted by Gasteiger charge is 2.24. The third-order valence-electron chi connectivity index (χ3n) is 3.61. The summed E-state index contributed by atoms with van der Waals surface area (Å²) in [5.74, 6) is -1.90. The highest BCUT2D eigenvalue weighted by atomic mass is 16.4. The van der Waals surface area contributed by atoms with Gasteiger partial charge >= 0.3 is 5.97 Å². The minimum absolute atomic E-state index is 0.151. The second-order valence-electron chi connectivity index (χ2n) is 5.57. The minimum Gasteiger partial charge on any atom is -0.476 e. The van der Waals surface area contributed by atoms with Crippen LogP contribution in [0.25, 0.3) is 0 Å². The van der Waals surface area contributed by atoms with Crippen molar-refractivity contribution < 1.29 is 19.5 Å². The van der Waals surface area contributed by atoms with E-state index >= 15 is 0 Å². The lowest BCUT2D eigenvalue weighted by atomic mass is 10.2. The summed E-state index contributed by atoms with van der Waals surface area (Å²) in [4.78, 5) is 37.1. The summed E-state index contributed by atoms with van der Waals surface area (Å²) in [6.45, 7) is 3.89. The molecule has 0 aliphatic rings. The van der Waals surface area contributed by atoms with E-state index in [1.807, 2.05) is 6.92 Å². The van der Waals surface area contributed by atoms with Crippen LogP contribution in [0.2, 0.25) is 0 Å². The molecule has 10 nitrogen and oxygen atoms in total. The van der Waals surface area contributed by atoms with Gasteiger partial charge in [-0.15, -0.1) is 0 Å². The van der Waals surface area contributed by atoms with Gasteiger partial charge in [-0.25, -0.2) is 4.79 Å². The molecule has 0 bridgehead atoms. The Balaban J connectivity index is 2.23. The number of carbonyl (C=O) groups is 3. The number of nitrogens with one attached hydrogen (secondary N) is 1. The lowest BCUT2D eigenvalue weighted by molar-refractivity contribution is -0.119. The molecule has 0 aromatic carbocycles. The SMILES string of the molecule is CCn1ncc(NC(=O)C(C)n2ccc(C(=O)O)n2)c1C(=O)N(C)C. The van der Waals surface area contributed by atoms with Crippen LogP contribution in [-0.4, -0.2) is 61.4 Å². The van der Waals surface area contributed by atoms with Gasteiger partial charge in [0.15, 0.2) is 5.69 Å². The van der Waals surface area contributed by atoms with E-state index in [0.717, 1.165) is 0 Å². The number of hydrogen-bond donors (Lipinski definition) is 2. The van der Waals surface area contributed by atoms with Crippen molar-refractivity contribution in [2.75, 3.05) is 19.4 Å². The summed E-state index contributed by atoms with van der Waals surface area (Å²) in [6, 6.07) is 0.544. The molecule has 0 aliphatic carbocycles. The highest BCUT2D eigenvalue weighted by Crippen LogP contribution is 2.19. The van der Waals surface area contributed by atoms with Gasteiger partial charge in [-0.2, -0.15) is 10.2 Å². The van der Waals surface area contributed by atoms with Crippen LogP contribution in [0.5, 0.6) is 0 Å². The molecule has 2 aromatic heterocycles. The zero-order valence-electron chi connectivity index (χ0n) is 14.4. The van der Waals surface area contributed by atoms with Crippen LogP contribution >= 0.6 is 0 Å². The average molecular weight is 348 g/mol. The zero-order valence-corrected chi connectivity index (χ0v) is 14.4. The number of aromatic carboxylic acids is 1. The molecule has 2 N–H and O–H groups in total. The smallest absolute Gasteiger partial charge is 0.356 e. The fourth-order valence-electron chi connectivity index (χ4n) is 2.18. The van der Waals surface area contributed by atoms with Crippen molar-refractivity contribution in [2.45, 2.75) is 26.4 Å². The number of anilines is 1. The number of carboxylic acids is 1. The molecule has 25 heavy (non-hydrogen) atoms. The van der Waals surface area contributed by atoms with Crippen LogP contribution in [0.4, 0.5) is 5.69 Å². The first-order valence-electron chi connectivity index (χ1n) is 7.63. The van der Waals surface area contributed by atoms with E-state index in [9.17, 15) is 14.4 Å². The van der Waals surface area contributed by atoms with Gasteiger partial charge in [-0.1, -0.05) is 0 Å². The molecule has 0 saturated carbocycles. The molecule has 2 amide bonds. The van der Waals surface area contributed by atoms with E-state index in [4.69, 9.17) is 5.11 Å². The van der Waals surface area contributed by atoms with Crippen molar-refractivity contribution in [2.24, 2.45) is 0 Å². The van der Waals surface area contributed by atoms with E-state index in [2.05, 4.69) is 15.5 Å². The molecule has 1 unspecified atom stereocenters. The Kier molecular flexibility index (Phi) is 5.20. The number of aromatic nitrogens is 4. The van der Waals surface area contributed by atoms with Crippen molar-refractivity contribution >= 4 is 23.5 Å². The van der Waals surface area contributed by atoms with Crippen LogP contribution in [-0.2, 0) is 11.3 Å². The summed E-state index contributed by atoms with van der Waals surface area (Å²) < 4.78 is 2.75. The first-order chi connectivity index (χ1) is 11.8.